The van der Waals surface area contributed by atoms with Crippen LogP contribution in [0.2, 0.25) is 0 Å². The molecule has 2 aromatic rings. The lowest BCUT2D eigenvalue weighted by molar-refractivity contribution is -0.157. The SMILES string of the molecule is COC(=O)[C@H]1CC(Sc2ccccc2)=C(Sc2ccccc2)C[C@H]1C(=O)OC. The molecular formula is C22H22O4S2. The number of carbonyl (C=O) groups excluding carboxylic acids is 2. The van der Waals surface area contributed by atoms with Crippen LogP contribution in [0, 0.1) is 11.8 Å². The van der Waals surface area contributed by atoms with Crippen LogP contribution in [0.1, 0.15) is 12.8 Å². The Balaban J connectivity index is 1.97. The van der Waals surface area contributed by atoms with E-state index in [1.54, 1.807) is 23.5 Å². The zero-order valence-electron chi connectivity index (χ0n) is 15.8. The molecule has 146 valence electrons. The Morgan fingerprint density at radius 3 is 1.39 bits per heavy atom. The monoisotopic (exact) mass is 414 g/mol. The Bertz CT molecular complexity index is 778. The normalized spacial score (nSPS) is 19.2. The molecule has 2 aromatic carbocycles. The van der Waals surface area contributed by atoms with Gasteiger partial charge in [-0.25, -0.2) is 0 Å². The number of methoxy groups -OCH3 is 2. The molecular weight excluding hydrogens is 392 g/mol. The number of benzene rings is 2. The first kappa shape index (κ1) is 20.6. The number of ether oxygens (including phenoxy) is 2. The molecule has 4 nitrogen and oxygen atoms in total. The van der Waals surface area contributed by atoms with E-state index in [0.717, 1.165) is 19.6 Å². The molecule has 0 aromatic heterocycles. The standard InChI is InChI=1S/C22H22O4S2/c1-25-21(23)17-13-19(27-15-9-5-3-6-10-15)20(14-18(17)22(24)26-2)28-16-11-7-4-8-12-16/h3-12,17-18H,13-14H2,1-2H3/t17-,18+. The number of rotatable bonds is 6. The van der Waals surface area contributed by atoms with Gasteiger partial charge in [0.2, 0.25) is 0 Å². The Morgan fingerprint density at radius 1 is 0.714 bits per heavy atom. The van der Waals surface area contributed by atoms with Gasteiger partial charge in [0.05, 0.1) is 26.1 Å². The molecule has 0 radical (unpaired) electrons. The second-order valence-electron chi connectivity index (χ2n) is 6.34. The van der Waals surface area contributed by atoms with E-state index >= 15 is 0 Å². The third-order valence-corrected chi connectivity index (χ3v) is 7.05. The fourth-order valence-corrected chi connectivity index (χ4v) is 5.49. The largest absolute Gasteiger partial charge is 0.469 e. The lowest BCUT2D eigenvalue weighted by atomic mass is 9.82. The first-order valence-corrected chi connectivity index (χ1v) is 10.6. The van der Waals surface area contributed by atoms with Crippen molar-refractivity contribution < 1.29 is 19.1 Å². The highest BCUT2D eigenvalue weighted by Crippen LogP contribution is 2.48. The highest BCUT2D eigenvalue weighted by atomic mass is 32.2. The van der Waals surface area contributed by atoms with Crippen molar-refractivity contribution in [2.75, 3.05) is 14.2 Å². The van der Waals surface area contributed by atoms with Gasteiger partial charge in [0.25, 0.3) is 0 Å². The second kappa shape index (κ2) is 9.85. The fourth-order valence-electron chi connectivity index (χ4n) is 3.17. The number of esters is 2. The third-order valence-electron chi connectivity index (χ3n) is 4.58. The molecule has 1 aliphatic rings. The number of hydrogen-bond acceptors (Lipinski definition) is 6. The molecule has 0 saturated carbocycles. The van der Waals surface area contributed by atoms with Gasteiger partial charge in [0.1, 0.15) is 0 Å². The van der Waals surface area contributed by atoms with Crippen molar-refractivity contribution in [2.45, 2.75) is 22.6 Å². The molecule has 0 saturated heterocycles. The maximum absolute atomic E-state index is 12.4. The van der Waals surface area contributed by atoms with E-state index in [-0.39, 0.29) is 11.9 Å². The van der Waals surface area contributed by atoms with E-state index in [4.69, 9.17) is 9.47 Å². The van der Waals surface area contributed by atoms with Crippen LogP contribution >= 0.6 is 23.5 Å². The third kappa shape index (κ3) is 5.00. The highest BCUT2D eigenvalue weighted by Gasteiger charge is 2.41. The molecule has 0 heterocycles. The van der Waals surface area contributed by atoms with Crippen LogP contribution in [0.5, 0.6) is 0 Å². The van der Waals surface area contributed by atoms with Gasteiger partial charge in [0.15, 0.2) is 0 Å². The summed E-state index contributed by atoms with van der Waals surface area (Å²) in [5.41, 5.74) is 0. The predicted molar refractivity (Wildman–Crippen MR) is 112 cm³/mol. The van der Waals surface area contributed by atoms with Crippen molar-refractivity contribution in [3.63, 3.8) is 0 Å². The molecule has 3 rings (SSSR count). The molecule has 28 heavy (non-hydrogen) atoms. The van der Waals surface area contributed by atoms with Crippen LogP contribution in [0.15, 0.2) is 80.3 Å². The summed E-state index contributed by atoms with van der Waals surface area (Å²) in [6.45, 7) is 0. The van der Waals surface area contributed by atoms with Crippen molar-refractivity contribution in [1.82, 2.24) is 0 Å². The van der Waals surface area contributed by atoms with Crippen molar-refractivity contribution in [3.05, 3.63) is 70.5 Å². The highest BCUT2D eigenvalue weighted by molar-refractivity contribution is 8.06. The number of thioether (sulfide) groups is 2. The molecule has 0 spiro atoms. The van der Waals surface area contributed by atoms with Gasteiger partial charge < -0.3 is 9.47 Å². The van der Waals surface area contributed by atoms with Crippen LogP contribution in [0.3, 0.4) is 0 Å². The van der Waals surface area contributed by atoms with Crippen molar-refractivity contribution >= 4 is 35.5 Å². The smallest absolute Gasteiger partial charge is 0.309 e. The minimum absolute atomic E-state index is 0.370. The van der Waals surface area contributed by atoms with E-state index in [1.165, 1.54) is 14.2 Å². The van der Waals surface area contributed by atoms with E-state index in [0.29, 0.717) is 12.8 Å². The van der Waals surface area contributed by atoms with Gasteiger partial charge in [0, 0.05) is 19.6 Å². The zero-order valence-corrected chi connectivity index (χ0v) is 17.4. The number of hydrogen-bond donors (Lipinski definition) is 0. The Kier molecular flexibility index (Phi) is 7.23. The first-order chi connectivity index (χ1) is 13.6. The van der Waals surface area contributed by atoms with Crippen molar-refractivity contribution in [1.29, 1.82) is 0 Å². The minimum atomic E-state index is -0.538. The molecule has 0 unspecified atom stereocenters. The summed E-state index contributed by atoms with van der Waals surface area (Å²) in [5.74, 6) is -1.82. The molecule has 1 aliphatic carbocycles. The van der Waals surface area contributed by atoms with Gasteiger partial charge in [-0.15, -0.1) is 0 Å². The molecule has 0 fully saturated rings. The van der Waals surface area contributed by atoms with Crippen LogP contribution in [0.25, 0.3) is 0 Å². The average molecular weight is 415 g/mol. The van der Waals surface area contributed by atoms with Crippen LogP contribution in [-0.4, -0.2) is 26.2 Å². The number of allylic oxidation sites excluding steroid dienone is 2. The van der Waals surface area contributed by atoms with Crippen LogP contribution in [0.4, 0.5) is 0 Å². The van der Waals surface area contributed by atoms with E-state index < -0.39 is 11.8 Å². The van der Waals surface area contributed by atoms with Gasteiger partial charge in [-0.1, -0.05) is 59.9 Å². The fraction of sp³-hybridized carbons (Fsp3) is 0.273. The van der Waals surface area contributed by atoms with Crippen molar-refractivity contribution in [2.24, 2.45) is 11.8 Å². The van der Waals surface area contributed by atoms with Gasteiger partial charge >= 0.3 is 11.9 Å². The lowest BCUT2D eigenvalue weighted by Gasteiger charge is -2.31. The summed E-state index contributed by atoms with van der Waals surface area (Å²) in [7, 11) is 2.72. The summed E-state index contributed by atoms with van der Waals surface area (Å²) in [6.07, 6.45) is 0.919. The van der Waals surface area contributed by atoms with Crippen LogP contribution < -0.4 is 0 Å². The van der Waals surface area contributed by atoms with E-state index in [9.17, 15) is 9.59 Å². The molecule has 0 N–H and O–H groups in total. The summed E-state index contributed by atoms with van der Waals surface area (Å²) in [5, 5.41) is 0. The Morgan fingerprint density at radius 2 is 1.07 bits per heavy atom. The summed E-state index contributed by atoms with van der Waals surface area (Å²) >= 11 is 3.29. The van der Waals surface area contributed by atoms with Crippen molar-refractivity contribution in [3.8, 4) is 0 Å². The topological polar surface area (TPSA) is 52.6 Å². The maximum Gasteiger partial charge on any atom is 0.309 e. The predicted octanol–water partition coefficient (Wildman–Crippen LogP) is 5.15. The molecule has 2 atom stereocenters. The van der Waals surface area contributed by atoms with Gasteiger partial charge in [-0.3, -0.25) is 9.59 Å². The van der Waals surface area contributed by atoms with Gasteiger partial charge in [-0.2, -0.15) is 0 Å². The quantitative estimate of drug-likeness (QED) is 0.609. The first-order valence-electron chi connectivity index (χ1n) is 8.96. The molecule has 0 aliphatic heterocycles. The van der Waals surface area contributed by atoms with E-state index in [1.807, 2.05) is 60.7 Å². The Labute approximate surface area is 173 Å². The zero-order chi connectivity index (χ0) is 19.9. The molecule has 0 amide bonds. The molecule has 6 heteroatoms. The average Bonchev–Trinajstić information content (AvgIpc) is 2.75. The lowest BCUT2D eigenvalue weighted by Crippen LogP contribution is -2.34. The van der Waals surface area contributed by atoms with Crippen LogP contribution in [-0.2, 0) is 19.1 Å². The summed E-state index contributed by atoms with van der Waals surface area (Å²) in [6, 6.07) is 20.1. The van der Waals surface area contributed by atoms with E-state index in [2.05, 4.69) is 0 Å². The number of carbonyl (C=O) groups is 2. The summed E-state index contributed by atoms with van der Waals surface area (Å²) in [4.78, 5) is 29.2. The Hall–Kier alpha value is -2.18. The van der Waals surface area contributed by atoms with Gasteiger partial charge in [-0.05, 0) is 37.1 Å². The second-order valence-corrected chi connectivity index (χ2v) is 8.68. The summed E-state index contributed by atoms with van der Waals surface area (Å²) < 4.78 is 9.96. The maximum atomic E-state index is 12.4. The molecule has 0 bridgehead atoms. The minimum Gasteiger partial charge on any atom is -0.469 e.